The van der Waals surface area contributed by atoms with Gasteiger partial charge in [-0.25, -0.2) is 8.42 Å². The van der Waals surface area contributed by atoms with Crippen molar-refractivity contribution in [3.8, 4) is 0 Å². The Kier molecular flexibility index (Phi) is 6.31. The van der Waals surface area contributed by atoms with Crippen LogP contribution in [0.1, 0.15) is 10.4 Å². The summed E-state index contributed by atoms with van der Waals surface area (Å²) in [4.78, 5) is 11.9. The number of hydrogen-bond donors (Lipinski definition) is 2. The molecule has 3 N–H and O–H groups in total. The average molecular weight is 599 g/mol. The first-order valence-electron chi connectivity index (χ1n) is 5.54. The molecule has 1 aromatic rings. The van der Waals surface area contributed by atoms with Crippen LogP contribution in [0.2, 0.25) is 0 Å². The average Bonchev–Trinajstić information content (AvgIpc) is 2.36. The Morgan fingerprint density at radius 2 is 1.71 bits per heavy atom. The quantitative estimate of drug-likeness (QED) is 0.239. The Morgan fingerprint density at radius 1 is 1.21 bits per heavy atom. The van der Waals surface area contributed by atoms with E-state index in [1.807, 2.05) is 0 Å². The number of benzene rings is 1. The van der Waals surface area contributed by atoms with Gasteiger partial charge in [0.25, 0.3) is 5.91 Å². The fourth-order valence-electron chi connectivity index (χ4n) is 1.48. The van der Waals surface area contributed by atoms with Gasteiger partial charge in [0.1, 0.15) is 0 Å². The Hall–Kier alpha value is -0.490. The molecule has 0 aliphatic heterocycles. The molecule has 1 rings (SSSR count). The largest absolute Gasteiger partial charge is 0.743 e. The molecular formula is C10H6F5I2N2O4S-. The molecule has 1 atom stereocenters. The molecular weight excluding hydrogens is 593 g/mol. The number of halogens is 7. The summed E-state index contributed by atoms with van der Waals surface area (Å²) in [5.74, 6) is -1.70. The van der Waals surface area contributed by atoms with Crippen molar-refractivity contribution in [1.29, 1.82) is 0 Å². The van der Waals surface area contributed by atoms with E-state index in [-0.39, 0.29) is 9.26 Å². The van der Waals surface area contributed by atoms with Crippen molar-refractivity contribution in [2.24, 2.45) is 0 Å². The van der Waals surface area contributed by atoms with Gasteiger partial charge in [-0.2, -0.15) is 22.0 Å². The Bertz CT molecular complexity index is 769. The Labute approximate surface area is 159 Å². The third kappa shape index (κ3) is 4.57. The fourth-order valence-corrected chi connectivity index (χ4v) is 3.81. The summed E-state index contributed by atoms with van der Waals surface area (Å²) < 4.78 is 96.9. The third-order valence-electron chi connectivity index (χ3n) is 2.61. The molecule has 0 saturated heterocycles. The predicted octanol–water partition coefficient (Wildman–Crippen LogP) is 2.28. The van der Waals surface area contributed by atoms with Gasteiger partial charge in [0.05, 0.1) is 11.3 Å². The molecule has 0 heterocycles. The maximum atomic E-state index is 13.4. The maximum absolute atomic E-state index is 13.4. The summed E-state index contributed by atoms with van der Waals surface area (Å²) in [6, 6.07) is -1.74. The highest BCUT2D eigenvalue weighted by molar-refractivity contribution is 14.1. The lowest BCUT2D eigenvalue weighted by Crippen LogP contribution is -2.59. The monoisotopic (exact) mass is 599 g/mol. The van der Waals surface area contributed by atoms with Gasteiger partial charge in [0, 0.05) is 7.14 Å². The number of carbonyl (C=O) groups excluding carboxylic acids is 1. The van der Waals surface area contributed by atoms with Crippen LogP contribution in [-0.2, 0) is 10.1 Å². The highest BCUT2D eigenvalue weighted by Crippen LogP contribution is 2.36. The first kappa shape index (κ1) is 21.6. The van der Waals surface area contributed by atoms with E-state index in [9.17, 15) is 39.7 Å². The molecule has 1 unspecified atom stereocenters. The highest BCUT2D eigenvalue weighted by atomic mass is 127. The smallest absolute Gasteiger partial charge is 0.415 e. The predicted molar refractivity (Wildman–Crippen MR) is 88.2 cm³/mol. The molecule has 14 heteroatoms. The van der Waals surface area contributed by atoms with E-state index in [1.165, 1.54) is 6.07 Å². The summed E-state index contributed by atoms with van der Waals surface area (Å²) in [5, 5.41) is -4.97. The van der Waals surface area contributed by atoms with Gasteiger partial charge < -0.3 is 15.6 Å². The molecule has 0 fully saturated rings. The standard InChI is InChI=1S/C10H7F5I2N2O4S/c11-9(12,13)8(10(14,15)24(21,22)23)19-7(20)4-1-3(16)2-5(17)6(4)18/h1-2,8H,18H2,(H,19,20)(H,21,22,23)/p-1. The number of nitrogens with one attached hydrogen (secondary N) is 1. The minimum atomic E-state index is -6.69. The second-order valence-electron chi connectivity index (χ2n) is 4.31. The van der Waals surface area contributed by atoms with Crippen LogP contribution in [0.3, 0.4) is 0 Å². The first-order chi connectivity index (χ1) is 10.6. The number of amides is 1. The second kappa shape index (κ2) is 7.02. The highest BCUT2D eigenvalue weighted by Gasteiger charge is 2.60. The number of carbonyl (C=O) groups is 1. The van der Waals surface area contributed by atoms with Gasteiger partial charge >= 0.3 is 11.4 Å². The van der Waals surface area contributed by atoms with Crippen molar-refractivity contribution in [3.05, 3.63) is 24.8 Å². The zero-order valence-corrected chi connectivity index (χ0v) is 16.1. The summed E-state index contributed by atoms with van der Waals surface area (Å²) in [6.45, 7) is 0. The van der Waals surface area contributed by atoms with Crippen molar-refractivity contribution < 1.29 is 39.7 Å². The molecule has 0 bridgehead atoms. The molecule has 0 aromatic heterocycles. The Morgan fingerprint density at radius 3 is 2.12 bits per heavy atom. The van der Waals surface area contributed by atoms with Crippen LogP contribution in [0.4, 0.5) is 27.6 Å². The maximum Gasteiger partial charge on any atom is 0.415 e. The lowest BCUT2D eigenvalue weighted by atomic mass is 10.1. The molecule has 136 valence electrons. The summed E-state index contributed by atoms with van der Waals surface area (Å²) in [6.07, 6.45) is -5.90. The van der Waals surface area contributed by atoms with Crippen LogP contribution in [0.25, 0.3) is 0 Å². The lowest BCUT2D eigenvalue weighted by molar-refractivity contribution is -0.191. The SMILES string of the molecule is Nc1c(I)cc(I)cc1C(=O)NC(C(F)(F)F)C(F)(F)S(=O)(=O)[O-]. The van der Waals surface area contributed by atoms with Gasteiger partial charge in [-0.3, -0.25) is 4.79 Å². The summed E-state index contributed by atoms with van der Waals surface area (Å²) in [5.41, 5.74) is 4.65. The Balaban J connectivity index is 3.35. The van der Waals surface area contributed by atoms with Crippen molar-refractivity contribution in [2.75, 3.05) is 5.73 Å². The van der Waals surface area contributed by atoms with Crippen LogP contribution in [0, 0.1) is 7.14 Å². The molecule has 0 spiro atoms. The van der Waals surface area contributed by atoms with Crippen LogP contribution in [0.5, 0.6) is 0 Å². The molecule has 6 nitrogen and oxygen atoms in total. The van der Waals surface area contributed by atoms with Crippen molar-refractivity contribution in [1.82, 2.24) is 5.32 Å². The second-order valence-corrected chi connectivity index (χ2v) is 8.17. The van der Waals surface area contributed by atoms with E-state index in [4.69, 9.17) is 5.73 Å². The van der Waals surface area contributed by atoms with E-state index in [1.54, 1.807) is 45.2 Å². The molecule has 0 aliphatic carbocycles. The number of nitrogen functional groups attached to an aromatic ring is 1. The number of hydrogen-bond acceptors (Lipinski definition) is 5. The van der Waals surface area contributed by atoms with Gasteiger partial charge in [0.2, 0.25) is 6.04 Å². The first-order valence-corrected chi connectivity index (χ1v) is 9.11. The van der Waals surface area contributed by atoms with Crippen LogP contribution in [-0.4, -0.2) is 36.4 Å². The number of rotatable bonds is 4. The van der Waals surface area contributed by atoms with Gasteiger partial charge in [-0.1, -0.05) is 0 Å². The van der Waals surface area contributed by atoms with E-state index in [0.717, 1.165) is 11.4 Å². The molecule has 0 aliphatic rings. The van der Waals surface area contributed by atoms with Gasteiger partial charge in [0.15, 0.2) is 10.1 Å². The van der Waals surface area contributed by atoms with Crippen LogP contribution in [0.15, 0.2) is 12.1 Å². The fraction of sp³-hybridized carbons (Fsp3) is 0.300. The van der Waals surface area contributed by atoms with Crippen molar-refractivity contribution >= 4 is 66.9 Å². The summed E-state index contributed by atoms with van der Waals surface area (Å²) >= 11 is 3.37. The molecule has 1 amide bonds. The van der Waals surface area contributed by atoms with Crippen LogP contribution >= 0.6 is 45.2 Å². The van der Waals surface area contributed by atoms with Gasteiger partial charge in [-0.15, -0.1) is 0 Å². The van der Waals surface area contributed by atoms with E-state index in [0.29, 0.717) is 3.57 Å². The topological polar surface area (TPSA) is 112 Å². The minimum absolute atomic E-state index is 0.261. The van der Waals surface area contributed by atoms with Gasteiger partial charge in [-0.05, 0) is 57.3 Å². The van der Waals surface area contributed by atoms with Crippen molar-refractivity contribution in [2.45, 2.75) is 17.5 Å². The van der Waals surface area contributed by atoms with Crippen molar-refractivity contribution in [3.63, 3.8) is 0 Å². The number of anilines is 1. The number of alkyl halides is 5. The molecule has 1 aromatic carbocycles. The third-order valence-corrected chi connectivity index (χ3v) is 5.03. The van der Waals surface area contributed by atoms with E-state index in [2.05, 4.69) is 0 Å². The van der Waals surface area contributed by atoms with E-state index >= 15 is 0 Å². The summed E-state index contributed by atoms with van der Waals surface area (Å²) in [7, 11) is -6.69. The molecule has 24 heavy (non-hydrogen) atoms. The zero-order valence-electron chi connectivity index (χ0n) is 11.0. The lowest BCUT2D eigenvalue weighted by Gasteiger charge is -2.30. The van der Waals surface area contributed by atoms with Crippen LogP contribution < -0.4 is 11.1 Å². The zero-order chi connectivity index (χ0) is 19.1. The van der Waals surface area contributed by atoms with E-state index < -0.39 is 39.1 Å². The molecule has 0 saturated carbocycles. The normalized spacial score (nSPS) is 14.3. The number of nitrogens with two attached hydrogens (primary N) is 1. The minimum Gasteiger partial charge on any atom is -0.743 e. The molecule has 0 radical (unpaired) electrons.